The van der Waals surface area contributed by atoms with Crippen LogP contribution >= 0.6 is 15.9 Å². The second-order valence-corrected chi connectivity index (χ2v) is 8.08. The lowest BCUT2D eigenvalue weighted by Gasteiger charge is -2.21. The molecule has 5 heteroatoms. The normalized spacial score (nSPS) is 19.9. The van der Waals surface area contributed by atoms with Crippen LogP contribution < -0.4 is 4.72 Å². The summed E-state index contributed by atoms with van der Waals surface area (Å²) in [6.07, 6.45) is 7.83. The number of nitrogens with one attached hydrogen (secondary N) is 1. The molecule has 1 unspecified atom stereocenters. The zero-order valence-electron chi connectivity index (χ0n) is 11.3. The molecule has 1 fully saturated rings. The first-order valence-electron chi connectivity index (χ1n) is 7.07. The van der Waals surface area contributed by atoms with Gasteiger partial charge in [0.1, 0.15) is 0 Å². The fraction of sp³-hybridized carbons (Fsp3) is 1.00. The van der Waals surface area contributed by atoms with Crippen LogP contribution in [0.1, 0.15) is 51.9 Å². The van der Waals surface area contributed by atoms with Crippen LogP contribution in [0.15, 0.2) is 0 Å². The monoisotopic (exact) mass is 339 g/mol. The minimum absolute atomic E-state index is 0.334. The van der Waals surface area contributed by atoms with Crippen molar-refractivity contribution in [2.24, 2.45) is 11.8 Å². The van der Waals surface area contributed by atoms with Crippen LogP contribution in [0.2, 0.25) is 0 Å². The lowest BCUT2D eigenvalue weighted by Crippen LogP contribution is -2.31. The third-order valence-corrected chi connectivity index (χ3v) is 6.30. The molecule has 1 aliphatic rings. The summed E-state index contributed by atoms with van der Waals surface area (Å²) in [7, 11) is -3.05. The predicted octanol–water partition coefficient (Wildman–Crippen LogP) is 3.30. The minimum atomic E-state index is -3.05. The van der Waals surface area contributed by atoms with Crippen LogP contribution in [-0.2, 0) is 10.0 Å². The molecule has 1 atom stereocenters. The maximum Gasteiger partial charge on any atom is 0.211 e. The zero-order valence-corrected chi connectivity index (χ0v) is 13.7. The summed E-state index contributed by atoms with van der Waals surface area (Å²) in [4.78, 5) is 0. The average molecular weight is 340 g/mol. The molecule has 1 saturated carbocycles. The summed E-state index contributed by atoms with van der Waals surface area (Å²) in [6.45, 7) is 2.76. The number of halogens is 1. The van der Waals surface area contributed by atoms with E-state index in [1.165, 1.54) is 19.3 Å². The van der Waals surface area contributed by atoms with Gasteiger partial charge < -0.3 is 0 Å². The molecule has 0 aromatic rings. The third-order valence-electron chi connectivity index (χ3n) is 3.64. The highest BCUT2D eigenvalue weighted by Gasteiger charge is 2.20. The van der Waals surface area contributed by atoms with E-state index in [-0.39, 0.29) is 0 Å². The van der Waals surface area contributed by atoms with Crippen molar-refractivity contribution in [2.45, 2.75) is 51.9 Å². The molecule has 0 aromatic heterocycles. The molecule has 108 valence electrons. The SMILES string of the molecule is CC(CBr)CCCNS(=O)(=O)CC1CCCCC1. The highest BCUT2D eigenvalue weighted by Crippen LogP contribution is 2.24. The largest absolute Gasteiger partial charge is 0.215 e. The van der Waals surface area contributed by atoms with E-state index in [0.29, 0.717) is 24.1 Å². The van der Waals surface area contributed by atoms with Crippen LogP contribution in [0.25, 0.3) is 0 Å². The Balaban J connectivity index is 2.18. The first-order valence-corrected chi connectivity index (χ1v) is 9.84. The van der Waals surface area contributed by atoms with Crippen LogP contribution in [0.3, 0.4) is 0 Å². The number of rotatable bonds is 8. The molecule has 1 aliphatic carbocycles. The van der Waals surface area contributed by atoms with Crippen molar-refractivity contribution in [3.05, 3.63) is 0 Å². The zero-order chi connectivity index (χ0) is 13.4. The smallest absolute Gasteiger partial charge is 0.211 e. The maximum absolute atomic E-state index is 11.9. The van der Waals surface area contributed by atoms with Gasteiger partial charge in [0.05, 0.1) is 5.75 Å². The molecule has 0 aliphatic heterocycles. The van der Waals surface area contributed by atoms with Gasteiger partial charge in [-0.25, -0.2) is 13.1 Å². The molecule has 0 aromatic carbocycles. The number of alkyl halides is 1. The van der Waals surface area contributed by atoms with Gasteiger partial charge in [0.2, 0.25) is 10.0 Å². The fourth-order valence-corrected chi connectivity index (χ4v) is 4.33. The lowest BCUT2D eigenvalue weighted by atomic mass is 9.91. The van der Waals surface area contributed by atoms with Crippen LogP contribution in [0, 0.1) is 11.8 Å². The van der Waals surface area contributed by atoms with Crippen molar-refractivity contribution in [3.8, 4) is 0 Å². The Kier molecular flexibility index (Phi) is 7.80. The van der Waals surface area contributed by atoms with E-state index in [0.717, 1.165) is 31.0 Å². The van der Waals surface area contributed by atoms with E-state index in [1.54, 1.807) is 0 Å². The summed E-state index contributed by atoms with van der Waals surface area (Å²) in [5.74, 6) is 1.34. The van der Waals surface area contributed by atoms with Crippen LogP contribution in [-0.4, -0.2) is 26.0 Å². The van der Waals surface area contributed by atoms with Crippen molar-refractivity contribution in [1.29, 1.82) is 0 Å². The van der Waals surface area contributed by atoms with E-state index in [1.807, 2.05) is 0 Å². The van der Waals surface area contributed by atoms with Gasteiger partial charge in [-0.1, -0.05) is 42.1 Å². The number of sulfonamides is 1. The van der Waals surface area contributed by atoms with Gasteiger partial charge in [0, 0.05) is 11.9 Å². The second-order valence-electron chi connectivity index (χ2n) is 5.58. The van der Waals surface area contributed by atoms with E-state index >= 15 is 0 Å². The van der Waals surface area contributed by atoms with Gasteiger partial charge in [0.15, 0.2) is 0 Å². The Morgan fingerprint density at radius 1 is 1.28 bits per heavy atom. The highest BCUT2D eigenvalue weighted by atomic mass is 79.9. The first kappa shape index (κ1) is 16.4. The van der Waals surface area contributed by atoms with E-state index in [9.17, 15) is 8.42 Å². The quantitative estimate of drug-likeness (QED) is 0.544. The minimum Gasteiger partial charge on any atom is -0.215 e. The Bertz CT molecular complexity index is 313. The van der Waals surface area contributed by atoms with Gasteiger partial charge >= 0.3 is 0 Å². The molecule has 0 heterocycles. The second kappa shape index (κ2) is 8.54. The Hall–Kier alpha value is 0.390. The van der Waals surface area contributed by atoms with Gasteiger partial charge in [-0.05, 0) is 37.5 Å². The van der Waals surface area contributed by atoms with Gasteiger partial charge in [-0.3, -0.25) is 0 Å². The van der Waals surface area contributed by atoms with Crippen molar-refractivity contribution in [1.82, 2.24) is 4.72 Å². The summed E-state index contributed by atoms with van der Waals surface area (Å²) in [5, 5.41) is 0.988. The molecule has 18 heavy (non-hydrogen) atoms. The number of hydrogen-bond donors (Lipinski definition) is 1. The van der Waals surface area contributed by atoms with E-state index in [2.05, 4.69) is 27.6 Å². The topological polar surface area (TPSA) is 46.2 Å². The van der Waals surface area contributed by atoms with Gasteiger partial charge in [-0.15, -0.1) is 0 Å². The molecule has 0 radical (unpaired) electrons. The Morgan fingerprint density at radius 3 is 2.56 bits per heavy atom. The van der Waals surface area contributed by atoms with Crippen LogP contribution in [0.5, 0.6) is 0 Å². The molecular weight excluding hydrogens is 314 g/mol. The molecular formula is C13H26BrNO2S. The summed E-state index contributed by atoms with van der Waals surface area (Å²) in [6, 6.07) is 0. The van der Waals surface area contributed by atoms with Gasteiger partial charge in [-0.2, -0.15) is 0 Å². The molecule has 3 nitrogen and oxygen atoms in total. The van der Waals surface area contributed by atoms with Crippen molar-refractivity contribution < 1.29 is 8.42 Å². The summed E-state index contributed by atoms with van der Waals surface area (Å²) in [5.41, 5.74) is 0. The number of hydrogen-bond acceptors (Lipinski definition) is 2. The van der Waals surface area contributed by atoms with Crippen molar-refractivity contribution >= 4 is 26.0 Å². The molecule has 0 saturated heterocycles. The molecule has 0 spiro atoms. The predicted molar refractivity (Wildman–Crippen MR) is 80.6 cm³/mol. The molecule has 0 bridgehead atoms. The molecule has 1 N–H and O–H groups in total. The van der Waals surface area contributed by atoms with Crippen molar-refractivity contribution in [2.75, 3.05) is 17.6 Å². The third kappa shape index (κ3) is 7.10. The van der Waals surface area contributed by atoms with E-state index < -0.39 is 10.0 Å². The molecule has 1 rings (SSSR count). The van der Waals surface area contributed by atoms with Gasteiger partial charge in [0.25, 0.3) is 0 Å². The Labute approximate surface area is 120 Å². The fourth-order valence-electron chi connectivity index (χ4n) is 2.48. The maximum atomic E-state index is 11.9. The standard InChI is InChI=1S/C13H26BrNO2S/c1-12(10-14)6-5-9-15-18(16,17)11-13-7-3-2-4-8-13/h12-13,15H,2-11H2,1H3. The lowest BCUT2D eigenvalue weighted by molar-refractivity contribution is 0.384. The Morgan fingerprint density at radius 2 is 1.94 bits per heavy atom. The average Bonchev–Trinajstić information content (AvgIpc) is 2.35. The highest BCUT2D eigenvalue weighted by molar-refractivity contribution is 9.09. The summed E-state index contributed by atoms with van der Waals surface area (Å²) >= 11 is 3.43. The van der Waals surface area contributed by atoms with Crippen LogP contribution in [0.4, 0.5) is 0 Å². The summed E-state index contributed by atoms with van der Waals surface area (Å²) < 4.78 is 26.5. The molecule has 0 amide bonds. The van der Waals surface area contributed by atoms with E-state index in [4.69, 9.17) is 0 Å². The van der Waals surface area contributed by atoms with Crippen molar-refractivity contribution in [3.63, 3.8) is 0 Å². The first-order chi connectivity index (χ1) is 8.53.